The van der Waals surface area contributed by atoms with Crippen LogP contribution in [0.15, 0.2) is 29.3 Å². The maximum atomic E-state index is 6.12. The molecule has 5 heteroatoms. The Morgan fingerprint density at radius 2 is 1.57 bits per heavy atom. The van der Waals surface area contributed by atoms with E-state index in [9.17, 15) is 0 Å². The quantitative estimate of drug-likeness (QED) is 0.241. The summed E-state index contributed by atoms with van der Waals surface area (Å²) in [6.45, 7) is 6.42. The number of aliphatic imine (C=N–C) groups is 1. The van der Waals surface area contributed by atoms with E-state index in [0.29, 0.717) is 17.3 Å². The lowest BCUT2D eigenvalue weighted by atomic mass is 9.96. The molecule has 5 nitrogen and oxygen atoms in total. The van der Waals surface area contributed by atoms with Crippen LogP contribution in [-0.4, -0.2) is 15.8 Å². The second-order valence-electron chi connectivity index (χ2n) is 8.08. The summed E-state index contributed by atoms with van der Waals surface area (Å²) in [5.41, 5.74) is 15.7. The molecule has 164 valence electrons. The standard InChI is InChI=1S/C16H19N5.C9H20/c1-10-19-14-9-5-3-7-12(14)16(20-10)21-15(18)11-6-2-4-8-13(11)17;1-3-5-7-9-8-6-4-2/h2,4,6,8H,3,5,7,9,17H2,1H3,(H2,18,19,20,21);3-9H2,1-2H3. The SMILES string of the molecule is CCCCCCCCC.Cc1nc2c(c(N=C(N)c3ccccc3N)n1)CCCC2. The third-order valence-electron chi connectivity index (χ3n) is 5.44. The number of amidine groups is 1. The van der Waals surface area contributed by atoms with Crippen molar-refractivity contribution in [1.82, 2.24) is 9.97 Å². The predicted molar refractivity (Wildman–Crippen MR) is 128 cm³/mol. The van der Waals surface area contributed by atoms with Gasteiger partial charge in [0.25, 0.3) is 0 Å². The van der Waals surface area contributed by atoms with E-state index in [-0.39, 0.29) is 0 Å². The van der Waals surface area contributed by atoms with E-state index < -0.39 is 0 Å². The Labute approximate surface area is 182 Å². The number of hydrogen-bond acceptors (Lipinski definition) is 4. The molecule has 0 bridgehead atoms. The van der Waals surface area contributed by atoms with Gasteiger partial charge in [0.1, 0.15) is 11.7 Å². The van der Waals surface area contributed by atoms with Crippen molar-refractivity contribution in [3.63, 3.8) is 0 Å². The number of nitrogen functional groups attached to an aromatic ring is 1. The number of unbranched alkanes of at least 4 members (excludes halogenated alkanes) is 6. The van der Waals surface area contributed by atoms with Crippen LogP contribution < -0.4 is 11.5 Å². The molecule has 0 radical (unpaired) electrons. The van der Waals surface area contributed by atoms with Crippen LogP contribution in [0.5, 0.6) is 0 Å². The van der Waals surface area contributed by atoms with E-state index in [1.54, 1.807) is 0 Å². The van der Waals surface area contributed by atoms with Gasteiger partial charge in [0.05, 0.1) is 0 Å². The minimum absolute atomic E-state index is 0.402. The maximum Gasteiger partial charge on any atom is 0.161 e. The van der Waals surface area contributed by atoms with Crippen LogP contribution in [0.3, 0.4) is 0 Å². The number of nitrogens with zero attached hydrogens (tertiary/aromatic N) is 3. The molecular weight excluding hydrogens is 370 g/mol. The molecule has 1 aliphatic rings. The molecule has 0 unspecified atom stereocenters. The molecule has 3 rings (SSSR count). The average Bonchev–Trinajstić information content (AvgIpc) is 2.74. The van der Waals surface area contributed by atoms with Gasteiger partial charge in [-0.25, -0.2) is 15.0 Å². The third kappa shape index (κ3) is 7.43. The van der Waals surface area contributed by atoms with Gasteiger partial charge < -0.3 is 11.5 Å². The van der Waals surface area contributed by atoms with Crippen LogP contribution in [0.1, 0.15) is 94.3 Å². The normalized spacial score (nSPS) is 13.4. The fraction of sp³-hybridized carbons (Fsp3) is 0.560. The molecule has 0 saturated heterocycles. The number of fused-ring (bicyclic) bond motifs is 1. The molecule has 1 aromatic carbocycles. The predicted octanol–water partition coefficient (Wildman–Crippen LogP) is 6.04. The Bertz CT molecular complexity index is 807. The lowest BCUT2D eigenvalue weighted by molar-refractivity contribution is 0.602. The first-order valence-electron chi connectivity index (χ1n) is 11.6. The van der Waals surface area contributed by atoms with Crippen molar-refractivity contribution in [2.45, 2.75) is 91.4 Å². The van der Waals surface area contributed by atoms with Gasteiger partial charge in [0.15, 0.2) is 5.82 Å². The summed E-state index contributed by atoms with van der Waals surface area (Å²) in [6, 6.07) is 7.46. The monoisotopic (exact) mass is 409 g/mol. The first kappa shape index (κ1) is 23.8. The Morgan fingerprint density at radius 3 is 2.23 bits per heavy atom. The van der Waals surface area contributed by atoms with Gasteiger partial charge in [0.2, 0.25) is 0 Å². The number of aromatic nitrogens is 2. The summed E-state index contributed by atoms with van der Waals surface area (Å²) < 4.78 is 0. The molecule has 0 saturated carbocycles. The molecule has 1 heterocycles. The number of anilines is 1. The molecule has 0 amide bonds. The van der Waals surface area contributed by atoms with Crippen molar-refractivity contribution in [3.05, 3.63) is 46.9 Å². The Balaban J connectivity index is 0.000000303. The summed E-state index contributed by atoms with van der Waals surface area (Å²) >= 11 is 0. The highest BCUT2D eigenvalue weighted by Crippen LogP contribution is 2.27. The minimum atomic E-state index is 0.402. The number of benzene rings is 1. The van der Waals surface area contributed by atoms with E-state index in [2.05, 4.69) is 28.8 Å². The van der Waals surface area contributed by atoms with Crippen LogP contribution in [0.2, 0.25) is 0 Å². The van der Waals surface area contributed by atoms with Gasteiger partial charge in [-0.05, 0) is 44.7 Å². The van der Waals surface area contributed by atoms with Gasteiger partial charge in [-0.1, -0.05) is 70.9 Å². The highest BCUT2D eigenvalue weighted by Gasteiger charge is 2.17. The van der Waals surface area contributed by atoms with Crippen LogP contribution >= 0.6 is 0 Å². The number of nitrogens with two attached hydrogens (primary N) is 2. The lowest BCUT2D eigenvalue weighted by Crippen LogP contribution is -2.16. The highest BCUT2D eigenvalue weighted by atomic mass is 15.0. The Hall–Kier alpha value is -2.43. The zero-order chi connectivity index (χ0) is 21.8. The summed E-state index contributed by atoms with van der Waals surface area (Å²) in [6.07, 6.45) is 14.3. The van der Waals surface area contributed by atoms with Gasteiger partial charge >= 0.3 is 0 Å². The summed E-state index contributed by atoms with van der Waals surface area (Å²) in [7, 11) is 0. The molecule has 4 N–H and O–H groups in total. The first-order chi connectivity index (χ1) is 14.6. The van der Waals surface area contributed by atoms with Crippen molar-refractivity contribution in [2.24, 2.45) is 10.7 Å². The number of para-hydroxylation sites is 1. The van der Waals surface area contributed by atoms with E-state index in [1.165, 1.54) is 51.4 Å². The zero-order valence-electron chi connectivity index (χ0n) is 19.1. The van der Waals surface area contributed by atoms with E-state index >= 15 is 0 Å². The van der Waals surface area contributed by atoms with Gasteiger partial charge in [-0.3, -0.25) is 0 Å². The molecule has 1 aromatic heterocycles. The highest BCUT2D eigenvalue weighted by molar-refractivity contribution is 6.03. The topological polar surface area (TPSA) is 90.2 Å². The van der Waals surface area contributed by atoms with Crippen LogP contribution in [-0.2, 0) is 12.8 Å². The van der Waals surface area contributed by atoms with Gasteiger partial charge in [-0.2, -0.15) is 0 Å². The molecule has 30 heavy (non-hydrogen) atoms. The zero-order valence-corrected chi connectivity index (χ0v) is 19.1. The molecule has 0 atom stereocenters. The Kier molecular flexibility index (Phi) is 10.3. The van der Waals surface area contributed by atoms with Crippen LogP contribution in [0.4, 0.5) is 11.5 Å². The average molecular weight is 410 g/mol. The lowest BCUT2D eigenvalue weighted by Gasteiger charge is -2.16. The maximum absolute atomic E-state index is 6.12. The minimum Gasteiger partial charge on any atom is -0.398 e. The van der Waals surface area contributed by atoms with Crippen LogP contribution in [0, 0.1) is 6.92 Å². The van der Waals surface area contributed by atoms with E-state index in [1.807, 2.05) is 31.2 Å². The number of hydrogen-bond donors (Lipinski definition) is 2. The fourth-order valence-corrected chi connectivity index (χ4v) is 3.72. The van der Waals surface area contributed by atoms with Crippen molar-refractivity contribution in [3.8, 4) is 0 Å². The largest absolute Gasteiger partial charge is 0.398 e. The van der Waals surface area contributed by atoms with Crippen molar-refractivity contribution in [2.75, 3.05) is 5.73 Å². The molecule has 1 aliphatic carbocycles. The smallest absolute Gasteiger partial charge is 0.161 e. The van der Waals surface area contributed by atoms with Crippen molar-refractivity contribution >= 4 is 17.3 Å². The molecular formula is C25H39N5. The van der Waals surface area contributed by atoms with E-state index in [4.69, 9.17) is 11.5 Å². The number of rotatable bonds is 8. The summed E-state index contributed by atoms with van der Waals surface area (Å²) in [4.78, 5) is 13.5. The third-order valence-corrected chi connectivity index (χ3v) is 5.44. The first-order valence-corrected chi connectivity index (χ1v) is 11.6. The Morgan fingerprint density at radius 1 is 0.933 bits per heavy atom. The molecule has 0 aliphatic heterocycles. The summed E-state index contributed by atoms with van der Waals surface area (Å²) in [5.74, 6) is 1.83. The van der Waals surface area contributed by atoms with Gasteiger partial charge in [0, 0.05) is 22.5 Å². The van der Waals surface area contributed by atoms with Crippen molar-refractivity contribution < 1.29 is 0 Å². The van der Waals surface area contributed by atoms with Crippen LogP contribution in [0.25, 0.3) is 0 Å². The van der Waals surface area contributed by atoms with Crippen molar-refractivity contribution in [1.29, 1.82) is 0 Å². The second-order valence-corrected chi connectivity index (χ2v) is 8.08. The second kappa shape index (κ2) is 13.0. The fourth-order valence-electron chi connectivity index (χ4n) is 3.72. The van der Waals surface area contributed by atoms with E-state index in [0.717, 1.165) is 41.9 Å². The molecule has 2 aromatic rings. The molecule has 0 spiro atoms. The van der Waals surface area contributed by atoms with Gasteiger partial charge in [-0.15, -0.1) is 0 Å². The molecule has 0 fully saturated rings. The summed E-state index contributed by atoms with van der Waals surface area (Å²) in [5, 5.41) is 0. The number of aryl methyl sites for hydroxylation is 2.